The van der Waals surface area contributed by atoms with Crippen LogP contribution in [-0.2, 0) is 0 Å². The van der Waals surface area contributed by atoms with Crippen molar-refractivity contribution in [3.63, 3.8) is 0 Å². The highest BCUT2D eigenvalue weighted by atomic mass is 79.9. The van der Waals surface area contributed by atoms with E-state index in [1.165, 1.54) is 4.90 Å². The van der Waals surface area contributed by atoms with Crippen molar-refractivity contribution in [2.75, 3.05) is 5.73 Å². The molecule has 1 nitrogen and oxygen atoms in total. The first-order valence-electron chi connectivity index (χ1n) is 4.63. The second-order valence-electron chi connectivity index (χ2n) is 3.24. The lowest BCUT2D eigenvalue weighted by Gasteiger charge is -2.06. The molecule has 0 heterocycles. The third kappa shape index (κ3) is 3.03. The Bertz CT molecular complexity index is 514. The molecule has 0 fully saturated rings. The molecular weight excluding hydrogens is 350 g/mol. The first-order valence-corrected chi connectivity index (χ1v) is 7.04. The van der Waals surface area contributed by atoms with Crippen molar-refractivity contribution >= 4 is 49.3 Å². The molecule has 0 aromatic heterocycles. The highest BCUT2D eigenvalue weighted by molar-refractivity contribution is 9.10. The average Bonchev–Trinajstić information content (AvgIpc) is 2.22. The third-order valence-corrected chi connectivity index (χ3v) is 4.06. The van der Waals surface area contributed by atoms with Gasteiger partial charge >= 0.3 is 0 Å². The number of hydrogen-bond acceptors (Lipinski definition) is 2. The number of benzene rings is 2. The van der Waals surface area contributed by atoms with Crippen LogP contribution < -0.4 is 5.73 Å². The van der Waals surface area contributed by atoms with Crippen LogP contribution in [0.4, 0.5) is 5.69 Å². The van der Waals surface area contributed by atoms with Crippen molar-refractivity contribution in [2.24, 2.45) is 0 Å². The van der Waals surface area contributed by atoms with E-state index in [4.69, 9.17) is 5.73 Å². The van der Waals surface area contributed by atoms with Gasteiger partial charge in [-0.15, -0.1) is 0 Å². The molecule has 0 bridgehead atoms. The van der Waals surface area contributed by atoms with Gasteiger partial charge in [-0.3, -0.25) is 0 Å². The Morgan fingerprint density at radius 1 is 0.938 bits per heavy atom. The molecule has 0 aliphatic heterocycles. The van der Waals surface area contributed by atoms with Gasteiger partial charge < -0.3 is 5.73 Å². The molecule has 0 aliphatic rings. The zero-order valence-electron chi connectivity index (χ0n) is 8.28. The second-order valence-corrected chi connectivity index (χ2v) is 6.19. The second kappa shape index (κ2) is 5.25. The zero-order chi connectivity index (χ0) is 11.5. The van der Waals surface area contributed by atoms with Crippen molar-refractivity contribution in [3.05, 3.63) is 51.4 Å². The average molecular weight is 359 g/mol. The fourth-order valence-electron chi connectivity index (χ4n) is 1.27. The lowest BCUT2D eigenvalue weighted by molar-refractivity contribution is 1.39. The topological polar surface area (TPSA) is 26.0 Å². The first-order chi connectivity index (χ1) is 7.65. The zero-order valence-corrected chi connectivity index (χ0v) is 12.3. The van der Waals surface area contributed by atoms with Crippen molar-refractivity contribution in [2.45, 2.75) is 9.79 Å². The van der Waals surface area contributed by atoms with Gasteiger partial charge in [0.2, 0.25) is 0 Å². The minimum absolute atomic E-state index is 0.791. The Hall–Kier alpha value is -0.450. The number of rotatable bonds is 2. The van der Waals surface area contributed by atoms with Gasteiger partial charge in [0.15, 0.2) is 0 Å². The summed E-state index contributed by atoms with van der Waals surface area (Å²) in [6.07, 6.45) is 0. The molecule has 82 valence electrons. The predicted molar refractivity (Wildman–Crippen MR) is 76.8 cm³/mol. The Balaban J connectivity index is 2.27. The number of anilines is 1. The monoisotopic (exact) mass is 357 g/mol. The fourth-order valence-corrected chi connectivity index (χ4v) is 3.10. The molecule has 16 heavy (non-hydrogen) atoms. The lowest BCUT2D eigenvalue weighted by atomic mass is 10.3. The molecule has 0 atom stereocenters. The Morgan fingerprint density at radius 3 is 2.38 bits per heavy atom. The largest absolute Gasteiger partial charge is 0.398 e. The van der Waals surface area contributed by atoms with Gasteiger partial charge in [-0.25, -0.2) is 0 Å². The van der Waals surface area contributed by atoms with E-state index in [1.807, 2.05) is 30.3 Å². The van der Waals surface area contributed by atoms with Crippen LogP contribution >= 0.6 is 43.6 Å². The molecule has 0 saturated heterocycles. The maximum Gasteiger partial charge on any atom is 0.0467 e. The van der Waals surface area contributed by atoms with Gasteiger partial charge in [-0.2, -0.15) is 0 Å². The van der Waals surface area contributed by atoms with Crippen LogP contribution in [0.15, 0.2) is 61.2 Å². The molecular formula is C12H9Br2NS. The first kappa shape index (κ1) is 12.0. The number of halogens is 2. The molecule has 0 radical (unpaired) electrons. The van der Waals surface area contributed by atoms with Crippen molar-refractivity contribution in [3.8, 4) is 0 Å². The van der Waals surface area contributed by atoms with Crippen LogP contribution in [0.3, 0.4) is 0 Å². The Kier molecular flexibility index (Phi) is 3.95. The summed E-state index contributed by atoms with van der Waals surface area (Å²) in [5, 5.41) is 0. The summed E-state index contributed by atoms with van der Waals surface area (Å²) in [5.74, 6) is 0. The van der Waals surface area contributed by atoms with Gasteiger partial charge in [0.05, 0.1) is 0 Å². The molecule has 2 N–H and O–H groups in total. The highest BCUT2D eigenvalue weighted by Crippen LogP contribution is 2.34. The van der Waals surface area contributed by atoms with E-state index in [1.54, 1.807) is 11.8 Å². The minimum Gasteiger partial charge on any atom is -0.398 e. The van der Waals surface area contributed by atoms with E-state index in [-0.39, 0.29) is 0 Å². The molecule has 4 heteroatoms. The molecule has 0 unspecified atom stereocenters. The van der Waals surface area contributed by atoms with Crippen molar-refractivity contribution in [1.82, 2.24) is 0 Å². The number of nitrogen functional groups attached to an aromatic ring is 1. The fraction of sp³-hybridized carbons (Fsp3) is 0. The van der Waals surface area contributed by atoms with E-state index in [0.717, 1.165) is 19.5 Å². The van der Waals surface area contributed by atoms with E-state index < -0.39 is 0 Å². The molecule has 2 aromatic carbocycles. The molecule has 0 aliphatic carbocycles. The van der Waals surface area contributed by atoms with E-state index in [9.17, 15) is 0 Å². The smallest absolute Gasteiger partial charge is 0.0467 e. The van der Waals surface area contributed by atoms with Gasteiger partial charge in [-0.05, 0) is 36.4 Å². The summed E-state index contributed by atoms with van der Waals surface area (Å²) < 4.78 is 2.08. The summed E-state index contributed by atoms with van der Waals surface area (Å²) in [7, 11) is 0. The predicted octanol–water partition coefficient (Wildman–Crippen LogP) is 4.95. The standard InChI is InChI=1S/C12H9Br2NS/c13-8-2-1-3-10(6-8)16-12-5-4-9(14)7-11(12)15/h1-7H,15H2. The lowest BCUT2D eigenvalue weighted by Crippen LogP contribution is -1.87. The number of nitrogens with two attached hydrogens (primary N) is 1. The van der Waals surface area contributed by atoms with Gasteiger partial charge in [0.1, 0.15) is 0 Å². The summed E-state index contributed by atoms with van der Waals surface area (Å²) in [6.45, 7) is 0. The van der Waals surface area contributed by atoms with Crippen LogP contribution in [0.2, 0.25) is 0 Å². The number of hydrogen-bond donors (Lipinski definition) is 1. The summed E-state index contributed by atoms with van der Waals surface area (Å²) in [5.41, 5.74) is 6.74. The Morgan fingerprint density at radius 2 is 1.69 bits per heavy atom. The molecule has 0 amide bonds. The molecule has 0 saturated carbocycles. The maximum absolute atomic E-state index is 5.94. The Labute approximate surface area is 116 Å². The summed E-state index contributed by atoms with van der Waals surface area (Å²) >= 11 is 8.51. The molecule has 2 aromatic rings. The SMILES string of the molecule is Nc1cc(Br)ccc1Sc1cccc(Br)c1. The molecule has 2 rings (SSSR count). The van der Waals surface area contributed by atoms with E-state index in [0.29, 0.717) is 0 Å². The van der Waals surface area contributed by atoms with Gasteiger partial charge in [0, 0.05) is 24.4 Å². The maximum atomic E-state index is 5.94. The highest BCUT2D eigenvalue weighted by Gasteiger charge is 2.02. The van der Waals surface area contributed by atoms with Crippen LogP contribution in [0.1, 0.15) is 0 Å². The van der Waals surface area contributed by atoms with Gasteiger partial charge in [-0.1, -0.05) is 49.7 Å². The minimum atomic E-state index is 0.791. The summed E-state index contributed by atoms with van der Waals surface area (Å²) in [4.78, 5) is 2.24. The van der Waals surface area contributed by atoms with Crippen LogP contribution in [0.25, 0.3) is 0 Å². The van der Waals surface area contributed by atoms with Crippen LogP contribution in [0.5, 0.6) is 0 Å². The van der Waals surface area contributed by atoms with Gasteiger partial charge in [0.25, 0.3) is 0 Å². The van der Waals surface area contributed by atoms with Crippen LogP contribution in [-0.4, -0.2) is 0 Å². The molecule has 0 spiro atoms. The van der Waals surface area contributed by atoms with E-state index in [2.05, 4.69) is 44.0 Å². The summed E-state index contributed by atoms with van der Waals surface area (Å²) in [6, 6.07) is 14.1. The van der Waals surface area contributed by atoms with Crippen LogP contribution in [0, 0.1) is 0 Å². The normalized spacial score (nSPS) is 10.4. The van der Waals surface area contributed by atoms with Crippen molar-refractivity contribution in [1.29, 1.82) is 0 Å². The van der Waals surface area contributed by atoms with E-state index >= 15 is 0 Å². The quantitative estimate of drug-likeness (QED) is 0.769. The third-order valence-electron chi connectivity index (χ3n) is 2.00. The van der Waals surface area contributed by atoms with Crippen molar-refractivity contribution < 1.29 is 0 Å².